The Balaban J connectivity index is 2.10. The van der Waals surface area contributed by atoms with E-state index >= 15 is 0 Å². The van der Waals surface area contributed by atoms with Crippen molar-refractivity contribution in [3.05, 3.63) is 22.6 Å². The molecule has 2 rings (SSSR count). The van der Waals surface area contributed by atoms with Gasteiger partial charge in [0.1, 0.15) is 0 Å². The summed E-state index contributed by atoms with van der Waals surface area (Å²) in [5.74, 6) is 0. The lowest BCUT2D eigenvalue weighted by Crippen LogP contribution is -1.91. The summed E-state index contributed by atoms with van der Waals surface area (Å²) in [6.45, 7) is 0. The Morgan fingerprint density at radius 1 is 0.538 bits per heavy atom. The molecule has 0 spiro atoms. The summed E-state index contributed by atoms with van der Waals surface area (Å²) < 4.78 is 0. The maximum absolute atomic E-state index is 3.39. The molecule has 0 amide bonds. The highest BCUT2D eigenvalue weighted by Gasteiger charge is 2.05. The average molecular weight is 174 g/mol. The SMILES string of the molecule is C(=C=C1CCCC1)=C1CCCCC1. The average Bonchev–Trinajstić information content (AvgIpc) is 2.69. The van der Waals surface area contributed by atoms with Gasteiger partial charge in [-0.3, -0.25) is 0 Å². The highest BCUT2D eigenvalue weighted by molar-refractivity contribution is 5.10. The van der Waals surface area contributed by atoms with Crippen LogP contribution in [0.15, 0.2) is 22.6 Å². The third-order valence-corrected chi connectivity index (χ3v) is 3.08. The fourth-order valence-corrected chi connectivity index (χ4v) is 2.21. The summed E-state index contributed by atoms with van der Waals surface area (Å²) in [7, 11) is 0. The Kier molecular flexibility index (Phi) is 3.08. The lowest BCUT2D eigenvalue weighted by molar-refractivity contribution is 0.600. The smallest absolute Gasteiger partial charge is 0.0199 e. The second kappa shape index (κ2) is 4.51. The monoisotopic (exact) mass is 174 g/mol. The summed E-state index contributed by atoms with van der Waals surface area (Å²) in [5.41, 5.74) is 9.81. The molecule has 70 valence electrons. The first kappa shape index (κ1) is 8.88. The maximum Gasteiger partial charge on any atom is -0.0199 e. The molecule has 0 atom stereocenters. The zero-order chi connectivity index (χ0) is 8.93. The van der Waals surface area contributed by atoms with Crippen molar-refractivity contribution in [2.75, 3.05) is 0 Å². The van der Waals surface area contributed by atoms with Gasteiger partial charge < -0.3 is 0 Å². The topological polar surface area (TPSA) is 0 Å². The molecule has 0 N–H and O–H groups in total. The Hall–Kier alpha value is -0.700. The quantitative estimate of drug-likeness (QED) is 0.484. The summed E-state index contributed by atoms with van der Waals surface area (Å²) in [4.78, 5) is 0. The van der Waals surface area contributed by atoms with Gasteiger partial charge in [0.15, 0.2) is 0 Å². The molecule has 2 aliphatic carbocycles. The molecule has 0 aromatic carbocycles. The number of allylic oxidation sites excluding steroid dienone is 2. The molecule has 2 aliphatic rings. The van der Waals surface area contributed by atoms with Crippen LogP contribution in [0.2, 0.25) is 0 Å². The van der Waals surface area contributed by atoms with E-state index in [9.17, 15) is 0 Å². The van der Waals surface area contributed by atoms with Crippen LogP contribution in [0.5, 0.6) is 0 Å². The molecule has 0 bridgehead atoms. The first-order valence-electron chi connectivity index (χ1n) is 5.66. The largest absolute Gasteiger partial charge is 0.0712 e. The highest BCUT2D eigenvalue weighted by Crippen LogP contribution is 2.24. The van der Waals surface area contributed by atoms with E-state index in [0.29, 0.717) is 0 Å². The zero-order valence-electron chi connectivity index (χ0n) is 8.36. The van der Waals surface area contributed by atoms with Gasteiger partial charge in [0.25, 0.3) is 0 Å². The summed E-state index contributed by atoms with van der Waals surface area (Å²) in [6, 6.07) is 0. The van der Waals surface area contributed by atoms with E-state index in [0.717, 1.165) is 0 Å². The van der Waals surface area contributed by atoms with Crippen LogP contribution in [0.4, 0.5) is 0 Å². The van der Waals surface area contributed by atoms with E-state index in [1.54, 1.807) is 0 Å². The van der Waals surface area contributed by atoms with Crippen molar-refractivity contribution in [2.45, 2.75) is 57.8 Å². The van der Waals surface area contributed by atoms with Gasteiger partial charge in [-0.2, -0.15) is 0 Å². The van der Waals surface area contributed by atoms with Crippen molar-refractivity contribution in [3.63, 3.8) is 0 Å². The van der Waals surface area contributed by atoms with Crippen molar-refractivity contribution in [2.24, 2.45) is 0 Å². The van der Waals surface area contributed by atoms with Gasteiger partial charge in [0.2, 0.25) is 0 Å². The van der Waals surface area contributed by atoms with E-state index in [1.807, 2.05) is 0 Å². The van der Waals surface area contributed by atoms with E-state index < -0.39 is 0 Å². The van der Waals surface area contributed by atoms with Crippen LogP contribution in [0.3, 0.4) is 0 Å². The van der Waals surface area contributed by atoms with Gasteiger partial charge in [0, 0.05) is 0 Å². The number of hydrogen-bond donors (Lipinski definition) is 0. The van der Waals surface area contributed by atoms with Crippen molar-refractivity contribution >= 4 is 0 Å². The van der Waals surface area contributed by atoms with Gasteiger partial charge in [0.05, 0.1) is 0 Å². The molecular weight excluding hydrogens is 156 g/mol. The van der Waals surface area contributed by atoms with Gasteiger partial charge in [-0.1, -0.05) is 17.9 Å². The molecular formula is C13H18. The molecule has 2 fully saturated rings. The molecule has 0 radical (unpaired) electrons. The Morgan fingerprint density at radius 2 is 0.923 bits per heavy atom. The predicted octanol–water partition coefficient (Wildman–Crippen LogP) is 4.13. The van der Waals surface area contributed by atoms with Crippen molar-refractivity contribution in [1.29, 1.82) is 0 Å². The third-order valence-electron chi connectivity index (χ3n) is 3.08. The summed E-state index contributed by atoms with van der Waals surface area (Å²) >= 11 is 0. The van der Waals surface area contributed by atoms with Crippen molar-refractivity contribution < 1.29 is 0 Å². The van der Waals surface area contributed by atoms with E-state index in [-0.39, 0.29) is 0 Å². The number of rotatable bonds is 0. The van der Waals surface area contributed by atoms with Crippen LogP contribution in [0, 0.1) is 0 Å². The first-order chi connectivity index (χ1) is 6.45. The summed E-state index contributed by atoms with van der Waals surface area (Å²) in [6.07, 6.45) is 12.0. The second-order valence-electron chi connectivity index (χ2n) is 4.22. The van der Waals surface area contributed by atoms with Crippen LogP contribution in [0.1, 0.15) is 57.8 Å². The minimum absolute atomic E-state index is 1.28. The molecule has 0 aromatic heterocycles. The predicted molar refractivity (Wildman–Crippen MR) is 55.6 cm³/mol. The van der Waals surface area contributed by atoms with Crippen molar-refractivity contribution in [1.82, 2.24) is 0 Å². The Labute approximate surface area is 81.0 Å². The minimum atomic E-state index is 1.28. The molecule has 13 heavy (non-hydrogen) atoms. The lowest BCUT2D eigenvalue weighted by Gasteiger charge is -2.09. The standard InChI is InChI=1S/C13H18/c1-2-6-12(7-3-1)10-11-13-8-4-5-9-13/h1-9H2. The Morgan fingerprint density at radius 3 is 1.38 bits per heavy atom. The minimum Gasteiger partial charge on any atom is -0.0712 e. The second-order valence-corrected chi connectivity index (χ2v) is 4.22. The molecule has 2 saturated carbocycles. The van der Waals surface area contributed by atoms with Crippen LogP contribution in [-0.4, -0.2) is 0 Å². The van der Waals surface area contributed by atoms with Gasteiger partial charge in [-0.25, -0.2) is 0 Å². The van der Waals surface area contributed by atoms with Crippen molar-refractivity contribution in [3.8, 4) is 0 Å². The molecule has 0 nitrogen and oxygen atoms in total. The van der Waals surface area contributed by atoms with E-state index in [4.69, 9.17) is 0 Å². The first-order valence-corrected chi connectivity index (χ1v) is 5.66. The fraction of sp³-hybridized carbons (Fsp3) is 0.692. The van der Waals surface area contributed by atoms with Crippen LogP contribution in [0.25, 0.3) is 0 Å². The van der Waals surface area contributed by atoms with E-state index in [2.05, 4.69) is 11.5 Å². The molecule has 0 heteroatoms. The normalized spacial score (nSPS) is 22.8. The summed E-state index contributed by atoms with van der Waals surface area (Å²) in [5, 5.41) is 0. The van der Waals surface area contributed by atoms with Crippen LogP contribution >= 0.6 is 0 Å². The molecule has 0 saturated heterocycles. The van der Waals surface area contributed by atoms with Crippen LogP contribution in [-0.2, 0) is 0 Å². The molecule has 0 aromatic rings. The molecule has 0 aliphatic heterocycles. The third kappa shape index (κ3) is 2.62. The Bertz CT molecular complexity index is 254. The van der Waals surface area contributed by atoms with Crippen LogP contribution < -0.4 is 0 Å². The van der Waals surface area contributed by atoms with E-state index in [1.165, 1.54) is 68.9 Å². The molecule has 0 unspecified atom stereocenters. The highest BCUT2D eigenvalue weighted by atomic mass is 14.1. The zero-order valence-corrected chi connectivity index (χ0v) is 8.36. The van der Waals surface area contributed by atoms with Gasteiger partial charge in [-0.05, 0) is 62.5 Å². The fourth-order valence-electron chi connectivity index (χ4n) is 2.21. The van der Waals surface area contributed by atoms with Gasteiger partial charge in [-0.15, -0.1) is 0 Å². The van der Waals surface area contributed by atoms with Gasteiger partial charge >= 0.3 is 0 Å². The molecule has 0 heterocycles. The lowest BCUT2D eigenvalue weighted by atomic mass is 9.96. The maximum atomic E-state index is 3.39. The number of hydrogen-bond acceptors (Lipinski definition) is 0.